The van der Waals surface area contributed by atoms with Crippen molar-refractivity contribution in [1.82, 2.24) is 14.9 Å². The molecule has 1 aromatic heterocycles. The van der Waals surface area contributed by atoms with Crippen LogP contribution < -0.4 is 5.14 Å². The Hall–Kier alpha value is -1.54. The molecular formula is C11H16N4O3S. The number of sulfonamides is 1. The number of likely N-dealkylation sites (tertiary alicyclic amines) is 1. The molecular weight excluding hydrogens is 268 g/mol. The van der Waals surface area contributed by atoms with Crippen molar-refractivity contribution in [2.24, 2.45) is 11.1 Å². The SMILES string of the molecule is NS(=O)(=O)CC1CC(=O)N(CCc2ccncn2)C1. The van der Waals surface area contributed by atoms with Crippen LogP contribution in [0.1, 0.15) is 12.1 Å². The number of amides is 1. The number of aromatic nitrogens is 2. The minimum atomic E-state index is -3.52. The molecule has 0 bridgehead atoms. The number of carbonyl (C=O) groups excluding carboxylic acids is 1. The molecule has 1 fully saturated rings. The number of nitrogens with zero attached hydrogens (tertiary/aromatic N) is 3. The zero-order valence-electron chi connectivity index (χ0n) is 10.4. The van der Waals surface area contributed by atoms with E-state index in [1.165, 1.54) is 6.33 Å². The van der Waals surface area contributed by atoms with Gasteiger partial charge in [0, 0.05) is 43.7 Å². The highest BCUT2D eigenvalue weighted by molar-refractivity contribution is 7.89. The third-order valence-electron chi connectivity index (χ3n) is 3.04. The van der Waals surface area contributed by atoms with Crippen molar-refractivity contribution in [2.45, 2.75) is 12.8 Å². The van der Waals surface area contributed by atoms with Crippen molar-refractivity contribution in [3.63, 3.8) is 0 Å². The highest BCUT2D eigenvalue weighted by atomic mass is 32.2. The van der Waals surface area contributed by atoms with E-state index < -0.39 is 10.0 Å². The second-order valence-electron chi connectivity index (χ2n) is 4.69. The van der Waals surface area contributed by atoms with E-state index in [0.29, 0.717) is 19.5 Å². The largest absolute Gasteiger partial charge is 0.342 e. The summed E-state index contributed by atoms with van der Waals surface area (Å²) in [7, 11) is -3.52. The number of primary sulfonamides is 1. The molecule has 2 rings (SSSR count). The Balaban J connectivity index is 1.87. The zero-order chi connectivity index (χ0) is 13.9. The summed E-state index contributed by atoms with van der Waals surface area (Å²) < 4.78 is 22.0. The molecule has 0 radical (unpaired) electrons. The summed E-state index contributed by atoms with van der Waals surface area (Å²) in [4.78, 5) is 21.3. The Morgan fingerprint density at radius 3 is 2.89 bits per heavy atom. The normalized spacial score (nSPS) is 19.9. The molecule has 0 saturated carbocycles. The zero-order valence-corrected chi connectivity index (χ0v) is 11.2. The van der Waals surface area contributed by atoms with Gasteiger partial charge in [0.05, 0.1) is 5.75 Å². The fourth-order valence-electron chi connectivity index (χ4n) is 2.23. The Labute approximate surface area is 111 Å². The molecule has 1 aromatic rings. The van der Waals surface area contributed by atoms with Gasteiger partial charge >= 0.3 is 0 Å². The summed E-state index contributed by atoms with van der Waals surface area (Å²) in [6.07, 6.45) is 4.00. The summed E-state index contributed by atoms with van der Waals surface area (Å²) in [6, 6.07) is 1.79. The minimum Gasteiger partial charge on any atom is -0.342 e. The standard InChI is InChI=1S/C11H16N4O3S/c12-19(17,18)7-9-5-11(16)15(6-9)4-2-10-1-3-13-8-14-10/h1,3,8-9H,2,4-7H2,(H2,12,17,18). The fraction of sp³-hybridized carbons (Fsp3) is 0.545. The predicted molar refractivity (Wildman–Crippen MR) is 68.4 cm³/mol. The van der Waals surface area contributed by atoms with Gasteiger partial charge in [-0.05, 0) is 6.07 Å². The highest BCUT2D eigenvalue weighted by Crippen LogP contribution is 2.19. The molecule has 8 heteroatoms. The van der Waals surface area contributed by atoms with Gasteiger partial charge in [0.1, 0.15) is 6.33 Å². The number of carbonyl (C=O) groups is 1. The molecule has 19 heavy (non-hydrogen) atoms. The van der Waals surface area contributed by atoms with Crippen LogP contribution in [0.25, 0.3) is 0 Å². The van der Waals surface area contributed by atoms with Crippen LogP contribution in [0, 0.1) is 5.92 Å². The van der Waals surface area contributed by atoms with Gasteiger partial charge < -0.3 is 4.90 Å². The van der Waals surface area contributed by atoms with Crippen LogP contribution in [0.3, 0.4) is 0 Å². The third-order valence-corrected chi connectivity index (χ3v) is 3.98. The summed E-state index contributed by atoms with van der Waals surface area (Å²) in [5.74, 6) is -0.362. The quantitative estimate of drug-likeness (QED) is 0.758. The maximum Gasteiger partial charge on any atom is 0.222 e. The van der Waals surface area contributed by atoms with Gasteiger partial charge in [0.15, 0.2) is 0 Å². The van der Waals surface area contributed by atoms with Crippen molar-refractivity contribution < 1.29 is 13.2 Å². The van der Waals surface area contributed by atoms with E-state index in [1.807, 2.05) is 0 Å². The Kier molecular flexibility index (Phi) is 4.11. The van der Waals surface area contributed by atoms with Crippen molar-refractivity contribution in [3.05, 3.63) is 24.3 Å². The number of nitrogens with two attached hydrogens (primary N) is 1. The topological polar surface area (TPSA) is 106 Å². The predicted octanol–water partition coefficient (Wildman–Crippen LogP) is -0.844. The third kappa shape index (κ3) is 4.25. The first-order valence-corrected chi connectivity index (χ1v) is 7.69. The van der Waals surface area contributed by atoms with Crippen LogP contribution in [0.15, 0.2) is 18.6 Å². The van der Waals surface area contributed by atoms with E-state index in [4.69, 9.17) is 5.14 Å². The van der Waals surface area contributed by atoms with Gasteiger partial charge in [0.25, 0.3) is 0 Å². The van der Waals surface area contributed by atoms with Gasteiger partial charge in [-0.3, -0.25) is 4.79 Å². The minimum absolute atomic E-state index is 0.0253. The Morgan fingerprint density at radius 1 is 1.47 bits per heavy atom. The first-order chi connectivity index (χ1) is 8.94. The summed E-state index contributed by atoms with van der Waals surface area (Å²) in [5, 5.41) is 5.00. The van der Waals surface area contributed by atoms with E-state index >= 15 is 0 Å². The number of hydrogen-bond donors (Lipinski definition) is 1. The lowest BCUT2D eigenvalue weighted by molar-refractivity contribution is -0.127. The molecule has 2 N–H and O–H groups in total. The summed E-state index contributed by atoms with van der Waals surface area (Å²) >= 11 is 0. The second-order valence-corrected chi connectivity index (χ2v) is 6.35. The molecule has 0 aliphatic carbocycles. The van der Waals surface area contributed by atoms with Crippen LogP contribution >= 0.6 is 0 Å². The van der Waals surface area contributed by atoms with Gasteiger partial charge in [-0.15, -0.1) is 0 Å². The fourth-order valence-corrected chi connectivity index (χ4v) is 3.11. The monoisotopic (exact) mass is 284 g/mol. The average Bonchev–Trinajstić information content (AvgIpc) is 2.66. The molecule has 1 aliphatic rings. The van der Waals surface area contributed by atoms with E-state index in [2.05, 4.69) is 9.97 Å². The van der Waals surface area contributed by atoms with Crippen LogP contribution in [0.2, 0.25) is 0 Å². The molecule has 1 unspecified atom stereocenters. The van der Waals surface area contributed by atoms with Gasteiger partial charge in [-0.2, -0.15) is 0 Å². The van der Waals surface area contributed by atoms with E-state index in [-0.39, 0.29) is 24.0 Å². The lowest BCUT2D eigenvalue weighted by atomic mass is 10.1. The lowest BCUT2D eigenvalue weighted by Gasteiger charge is -2.15. The van der Waals surface area contributed by atoms with E-state index in [1.54, 1.807) is 17.2 Å². The van der Waals surface area contributed by atoms with Crippen molar-refractivity contribution >= 4 is 15.9 Å². The van der Waals surface area contributed by atoms with Crippen LogP contribution in [-0.2, 0) is 21.2 Å². The van der Waals surface area contributed by atoms with Crippen LogP contribution in [0.4, 0.5) is 0 Å². The Bertz CT molecular complexity index is 546. The second kappa shape index (κ2) is 5.62. The highest BCUT2D eigenvalue weighted by Gasteiger charge is 2.31. The molecule has 1 aliphatic heterocycles. The van der Waals surface area contributed by atoms with Crippen LogP contribution in [-0.4, -0.2) is 48.0 Å². The van der Waals surface area contributed by atoms with Crippen LogP contribution in [0.5, 0.6) is 0 Å². The van der Waals surface area contributed by atoms with Gasteiger partial charge in [-0.1, -0.05) is 0 Å². The maximum absolute atomic E-state index is 11.7. The van der Waals surface area contributed by atoms with E-state index in [0.717, 1.165) is 5.69 Å². The van der Waals surface area contributed by atoms with Gasteiger partial charge in [0.2, 0.25) is 15.9 Å². The molecule has 2 heterocycles. The van der Waals surface area contributed by atoms with Crippen molar-refractivity contribution in [1.29, 1.82) is 0 Å². The molecule has 7 nitrogen and oxygen atoms in total. The lowest BCUT2D eigenvalue weighted by Crippen LogP contribution is -2.29. The Morgan fingerprint density at radius 2 is 2.26 bits per heavy atom. The first-order valence-electron chi connectivity index (χ1n) is 5.97. The molecule has 104 valence electrons. The molecule has 0 spiro atoms. The first kappa shape index (κ1) is 13.9. The molecule has 1 atom stereocenters. The summed E-state index contributed by atoms with van der Waals surface area (Å²) in [5.41, 5.74) is 0.859. The van der Waals surface area contributed by atoms with Crippen molar-refractivity contribution in [2.75, 3.05) is 18.8 Å². The van der Waals surface area contributed by atoms with E-state index in [9.17, 15) is 13.2 Å². The summed E-state index contributed by atoms with van der Waals surface area (Å²) in [6.45, 7) is 0.983. The average molecular weight is 284 g/mol. The molecule has 1 saturated heterocycles. The number of hydrogen-bond acceptors (Lipinski definition) is 5. The smallest absolute Gasteiger partial charge is 0.222 e. The molecule has 0 aromatic carbocycles. The molecule has 1 amide bonds. The number of rotatable bonds is 5. The maximum atomic E-state index is 11.7. The van der Waals surface area contributed by atoms with Crippen molar-refractivity contribution in [3.8, 4) is 0 Å². The van der Waals surface area contributed by atoms with Gasteiger partial charge in [-0.25, -0.2) is 23.5 Å².